The van der Waals surface area contributed by atoms with Crippen LogP contribution < -0.4 is 0 Å². The second-order valence-electron chi connectivity index (χ2n) is 13.6. The van der Waals surface area contributed by atoms with Crippen LogP contribution in [0.25, 0.3) is 0 Å². The second-order valence-corrected chi connectivity index (χ2v) is 13.6. The molecule has 8 N–H and O–H groups in total. The third-order valence-corrected chi connectivity index (χ3v) is 7.50. The first-order chi connectivity index (χ1) is 18.1. The molecule has 0 heterocycles. The van der Waals surface area contributed by atoms with Crippen molar-refractivity contribution in [3.63, 3.8) is 0 Å². The summed E-state index contributed by atoms with van der Waals surface area (Å²) >= 11 is 0. The van der Waals surface area contributed by atoms with Gasteiger partial charge in [0, 0.05) is 0 Å². The lowest BCUT2D eigenvalue weighted by Gasteiger charge is -2.28. The maximum absolute atomic E-state index is 9.47. The normalized spacial score (nSPS) is 18.2. The second kappa shape index (κ2) is 24.2. The van der Waals surface area contributed by atoms with E-state index in [1.165, 1.54) is 0 Å². The minimum atomic E-state index is -0.893. The zero-order chi connectivity index (χ0) is 32.8. The minimum Gasteiger partial charge on any atom is -0.394 e. The Morgan fingerprint density at radius 2 is 1.10 bits per heavy atom. The van der Waals surface area contributed by atoms with Crippen LogP contribution in [0.5, 0.6) is 0 Å². The average Bonchev–Trinajstić information content (AvgIpc) is 2.88. The van der Waals surface area contributed by atoms with Gasteiger partial charge in [-0.3, -0.25) is 0 Å². The lowest BCUT2D eigenvalue weighted by atomic mass is 9.82. The summed E-state index contributed by atoms with van der Waals surface area (Å²) in [6.45, 7) is 22.9. The quantitative estimate of drug-likeness (QED) is 0.130. The van der Waals surface area contributed by atoms with Crippen LogP contribution in [0.3, 0.4) is 0 Å². The average molecular weight is 585 g/mol. The highest BCUT2D eigenvalue weighted by molar-refractivity contribution is 4.77. The van der Waals surface area contributed by atoms with Gasteiger partial charge in [-0.25, -0.2) is 0 Å². The van der Waals surface area contributed by atoms with Gasteiger partial charge in [-0.05, 0) is 76.0 Å². The monoisotopic (exact) mass is 585 g/mol. The molecule has 0 rings (SSSR count). The van der Waals surface area contributed by atoms with E-state index in [9.17, 15) is 20.4 Å². The van der Waals surface area contributed by atoms with Gasteiger partial charge in [0.15, 0.2) is 0 Å². The summed E-state index contributed by atoms with van der Waals surface area (Å²) in [5.41, 5.74) is -2.78. The van der Waals surface area contributed by atoms with Gasteiger partial charge in [-0.2, -0.15) is 0 Å². The highest BCUT2D eigenvalue weighted by atomic mass is 16.3. The van der Waals surface area contributed by atoms with Crippen molar-refractivity contribution >= 4 is 0 Å². The summed E-state index contributed by atoms with van der Waals surface area (Å²) in [6.07, 6.45) is 6.82. The Kier molecular flexibility index (Phi) is 28.2. The Hall–Kier alpha value is -0.320. The van der Waals surface area contributed by atoms with E-state index >= 15 is 0 Å². The van der Waals surface area contributed by atoms with Crippen LogP contribution in [0.15, 0.2) is 0 Å². The molecule has 0 saturated heterocycles. The summed E-state index contributed by atoms with van der Waals surface area (Å²) in [6, 6.07) is 0. The molecule has 0 spiro atoms. The molecule has 0 bridgehead atoms. The predicted octanol–water partition coefficient (Wildman–Crippen LogP) is 4.66. The first-order valence-electron chi connectivity index (χ1n) is 15.4. The molecule has 8 nitrogen and oxygen atoms in total. The molecule has 0 saturated carbocycles. The van der Waals surface area contributed by atoms with E-state index in [1.54, 1.807) is 20.8 Å². The maximum Gasteiger partial charge on any atom is 0.0874 e. The van der Waals surface area contributed by atoms with E-state index in [2.05, 4.69) is 41.5 Å². The third-order valence-electron chi connectivity index (χ3n) is 7.50. The number of aliphatic hydroxyl groups excluding tert-OH is 5. The van der Waals surface area contributed by atoms with Crippen molar-refractivity contribution in [2.75, 3.05) is 26.4 Å². The molecule has 6 unspecified atom stereocenters. The molecule has 40 heavy (non-hydrogen) atoms. The highest BCUT2D eigenvalue weighted by Gasteiger charge is 2.26. The van der Waals surface area contributed by atoms with Crippen LogP contribution in [0.1, 0.15) is 134 Å². The number of hydrogen-bond donors (Lipinski definition) is 8. The first kappa shape index (κ1) is 46.6. The topological polar surface area (TPSA) is 162 Å². The summed E-state index contributed by atoms with van der Waals surface area (Å²) in [7, 11) is 0. The van der Waals surface area contributed by atoms with E-state index in [-0.39, 0.29) is 37.8 Å². The molecule has 0 aliphatic heterocycles. The standard InChI is InChI=1S/4C8H18O2/c1-7(2)4-5-8(3,10)6-9;1-4-7(2)5-8(3,10)6-9;1-4-5-8(2,3)7(10)6-9;1-4-5-7(2)8(3,10)6-9/h4*7,9-10H,4-6H2,1-3H3. The van der Waals surface area contributed by atoms with Crippen molar-refractivity contribution in [2.24, 2.45) is 23.2 Å². The lowest BCUT2D eigenvalue weighted by molar-refractivity contribution is -0.0434. The molecule has 0 aromatic carbocycles. The summed E-state index contributed by atoms with van der Waals surface area (Å²) in [4.78, 5) is 0. The molecular weight excluding hydrogens is 512 g/mol. The van der Waals surface area contributed by atoms with Gasteiger partial charge in [0.1, 0.15) is 0 Å². The lowest BCUT2D eigenvalue weighted by Crippen LogP contribution is -2.36. The smallest absolute Gasteiger partial charge is 0.0874 e. The van der Waals surface area contributed by atoms with Crippen LogP contribution in [-0.4, -0.2) is 90.2 Å². The summed E-state index contributed by atoms with van der Waals surface area (Å²) in [5.74, 6) is 1.27. The molecule has 0 fully saturated rings. The molecular formula is C32H72O8. The van der Waals surface area contributed by atoms with Crippen molar-refractivity contribution in [2.45, 2.75) is 157 Å². The predicted molar refractivity (Wildman–Crippen MR) is 167 cm³/mol. The Morgan fingerprint density at radius 1 is 0.625 bits per heavy atom. The Morgan fingerprint density at radius 3 is 1.40 bits per heavy atom. The van der Waals surface area contributed by atoms with E-state index in [4.69, 9.17) is 20.4 Å². The number of hydrogen-bond acceptors (Lipinski definition) is 8. The van der Waals surface area contributed by atoms with E-state index < -0.39 is 22.9 Å². The fourth-order valence-corrected chi connectivity index (χ4v) is 3.60. The van der Waals surface area contributed by atoms with Gasteiger partial charge >= 0.3 is 0 Å². The summed E-state index contributed by atoms with van der Waals surface area (Å²) < 4.78 is 0. The maximum atomic E-state index is 9.47. The molecule has 0 aliphatic carbocycles. The van der Waals surface area contributed by atoms with Gasteiger partial charge in [-0.1, -0.05) is 81.6 Å². The van der Waals surface area contributed by atoms with Gasteiger partial charge in [0.2, 0.25) is 0 Å². The molecule has 0 aromatic heterocycles. The Bertz CT molecular complexity index is 547. The van der Waals surface area contributed by atoms with Gasteiger partial charge in [-0.15, -0.1) is 0 Å². The molecule has 0 amide bonds. The summed E-state index contributed by atoms with van der Waals surface area (Å²) in [5, 5.41) is 72.2. The molecule has 248 valence electrons. The van der Waals surface area contributed by atoms with Crippen LogP contribution in [0.2, 0.25) is 0 Å². The van der Waals surface area contributed by atoms with Crippen LogP contribution in [0.4, 0.5) is 0 Å². The Labute approximate surface area is 247 Å². The van der Waals surface area contributed by atoms with Crippen LogP contribution in [0, 0.1) is 23.2 Å². The van der Waals surface area contributed by atoms with Crippen molar-refractivity contribution in [1.29, 1.82) is 0 Å². The first-order valence-corrected chi connectivity index (χ1v) is 15.4. The zero-order valence-corrected chi connectivity index (χ0v) is 28.4. The fraction of sp³-hybridized carbons (Fsp3) is 1.00. The SMILES string of the molecule is CC(C)CCC(C)(O)CO.CCC(C)CC(C)(O)CO.CCCC(C)(C)C(O)CO.CCCC(C)C(C)(O)CO. The number of rotatable bonds is 16. The molecule has 6 atom stereocenters. The van der Waals surface area contributed by atoms with Crippen molar-refractivity contribution < 1.29 is 40.9 Å². The van der Waals surface area contributed by atoms with Gasteiger partial charge < -0.3 is 40.9 Å². The third kappa shape index (κ3) is 27.8. The van der Waals surface area contributed by atoms with Crippen molar-refractivity contribution in [3.8, 4) is 0 Å². The van der Waals surface area contributed by atoms with Crippen molar-refractivity contribution in [1.82, 2.24) is 0 Å². The largest absolute Gasteiger partial charge is 0.394 e. The van der Waals surface area contributed by atoms with Gasteiger partial charge in [0.05, 0.1) is 49.3 Å². The molecule has 0 radical (unpaired) electrons. The van der Waals surface area contributed by atoms with E-state index in [0.29, 0.717) is 24.7 Å². The van der Waals surface area contributed by atoms with Crippen LogP contribution >= 0.6 is 0 Å². The van der Waals surface area contributed by atoms with Crippen LogP contribution in [-0.2, 0) is 0 Å². The fourth-order valence-electron chi connectivity index (χ4n) is 3.60. The molecule has 0 aliphatic rings. The molecule has 8 heteroatoms. The van der Waals surface area contributed by atoms with Gasteiger partial charge in [0.25, 0.3) is 0 Å². The highest BCUT2D eigenvalue weighted by Crippen LogP contribution is 2.26. The van der Waals surface area contributed by atoms with E-state index in [1.807, 2.05) is 20.8 Å². The number of aliphatic hydroxyl groups is 8. The zero-order valence-electron chi connectivity index (χ0n) is 28.4. The minimum absolute atomic E-state index is 0.132. The Balaban J connectivity index is -0.000000216. The molecule has 0 aromatic rings. The van der Waals surface area contributed by atoms with Crippen molar-refractivity contribution in [3.05, 3.63) is 0 Å². The van der Waals surface area contributed by atoms with E-state index in [0.717, 1.165) is 38.5 Å².